The number of carboxylic acids is 2. The van der Waals surface area contributed by atoms with E-state index < -0.39 is 46.0 Å². The van der Waals surface area contributed by atoms with Crippen molar-refractivity contribution in [3.63, 3.8) is 0 Å². The van der Waals surface area contributed by atoms with Crippen molar-refractivity contribution < 1.29 is 35.1 Å². The van der Waals surface area contributed by atoms with Gasteiger partial charge >= 0.3 is 11.9 Å². The van der Waals surface area contributed by atoms with Crippen LogP contribution in [0.4, 0.5) is 0 Å². The van der Waals surface area contributed by atoms with Crippen LogP contribution in [0.5, 0.6) is 0 Å². The van der Waals surface area contributed by atoms with Crippen LogP contribution in [-0.2, 0) is 9.59 Å². The molecule has 0 saturated heterocycles. The Bertz CT molecular complexity index is 1060. The zero-order valence-corrected chi connectivity index (χ0v) is 23.3. The SMILES string of the molecule is CC1(C)CC[C@]2(C(=O)O)CC[C@]3(C)C(=CC[C@@H]4[C@@]5(C)CC(O)C(O)(O)C(C)(C(=O)O)C5CC[C@]43C)[C@H]2C1. The Balaban J connectivity index is 1.63. The maximum absolute atomic E-state index is 12.8. The van der Waals surface area contributed by atoms with E-state index in [4.69, 9.17) is 0 Å². The van der Waals surface area contributed by atoms with Crippen molar-refractivity contribution in [1.29, 1.82) is 0 Å². The van der Waals surface area contributed by atoms with Crippen LogP contribution in [-0.4, -0.2) is 49.4 Å². The molecule has 5 aliphatic carbocycles. The summed E-state index contributed by atoms with van der Waals surface area (Å²) in [5, 5.41) is 53.5. The molecule has 0 radical (unpaired) electrons. The second-order valence-corrected chi connectivity index (χ2v) is 15.1. The Hall–Kier alpha value is -1.44. The van der Waals surface area contributed by atoms with Gasteiger partial charge in [-0.05, 0) is 104 Å². The van der Waals surface area contributed by atoms with Crippen LogP contribution in [0.1, 0.15) is 99.3 Å². The summed E-state index contributed by atoms with van der Waals surface area (Å²) in [5.74, 6) is -5.17. The highest BCUT2D eigenvalue weighted by Crippen LogP contribution is 2.76. The largest absolute Gasteiger partial charge is 0.481 e. The number of aliphatic carboxylic acids is 2. The molecule has 0 spiro atoms. The van der Waals surface area contributed by atoms with Gasteiger partial charge in [-0.15, -0.1) is 0 Å². The van der Waals surface area contributed by atoms with Crippen LogP contribution in [0, 0.1) is 50.2 Å². The first kappa shape index (κ1) is 27.1. The Labute approximate surface area is 220 Å². The maximum Gasteiger partial charge on any atom is 0.315 e. The highest BCUT2D eigenvalue weighted by Gasteiger charge is 2.75. The average Bonchev–Trinajstić information content (AvgIpc) is 2.77. The highest BCUT2D eigenvalue weighted by molar-refractivity contribution is 5.77. The van der Waals surface area contributed by atoms with Gasteiger partial charge in [-0.25, -0.2) is 0 Å². The third-order valence-corrected chi connectivity index (χ3v) is 13.3. The number of hydrogen-bond donors (Lipinski definition) is 5. The summed E-state index contributed by atoms with van der Waals surface area (Å²) in [6, 6.07) is 0. The van der Waals surface area contributed by atoms with Crippen molar-refractivity contribution >= 4 is 11.9 Å². The lowest BCUT2D eigenvalue weighted by Crippen LogP contribution is -2.73. The quantitative estimate of drug-likeness (QED) is 0.266. The zero-order chi connectivity index (χ0) is 27.6. The molecule has 0 aromatic rings. The standard InChI is InChI=1S/C30H46O7/c1-24(2)11-13-29(23(34)35)14-12-26(4)17(18(29)15-24)7-8-19-25(3)16-21(31)30(36,37)28(6,22(32)33)20(25)9-10-27(19,26)5/h7,18-21,31,36-37H,8-16H2,1-6H3,(H,32,33)(H,34,35)/t18-,19-,20?,21?,25-,26-,27-,28?,29+/m1/s1. The predicted octanol–water partition coefficient (Wildman–Crippen LogP) is 4.59. The van der Waals surface area contributed by atoms with Crippen molar-refractivity contribution in [3.05, 3.63) is 11.6 Å². The third-order valence-electron chi connectivity index (χ3n) is 13.3. The lowest BCUT2D eigenvalue weighted by molar-refractivity contribution is -0.348. The molecule has 7 nitrogen and oxygen atoms in total. The van der Waals surface area contributed by atoms with Gasteiger partial charge in [0.1, 0.15) is 11.5 Å². The summed E-state index contributed by atoms with van der Waals surface area (Å²) in [5.41, 5.74) is -2.34. The van der Waals surface area contributed by atoms with E-state index in [1.807, 2.05) is 0 Å². The van der Waals surface area contributed by atoms with E-state index in [1.54, 1.807) is 0 Å². The lowest BCUT2D eigenvalue weighted by atomic mass is 9.33. The predicted molar refractivity (Wildman–Crippen MR) is 137 cm³/mol. The van der Waals surface area contributed by atoms with Crippen molar-refractivity contribution in [1.82, 2.24) is 0 Å². The summed E-state index contributed by atoms with van der Waals surface area (Å²) in [6.07, 6.45) is 6.67. The minimum atomic E-state index is -2.71. The molecule has 7 heteroatoms. The Morgan fingerprint density at radius 3 is 2.05 bits per heavy atom. The van der Waals surface area contributed by atoms with Crippen LogP contribution in [0.2, 0.25) is 0 Å². The molecular formula is C30H46O7. The molecule has 9 atom stereocenters. The summed E-state index contributed by atoms with van der Waals surface area (Å²) >= 11 is 0. The summed E-state index contributed by atoms with van der Waals surface area (Å²) in [7, 11) is 0. The van der Waals surface area contributed by atoms with E-state index in [-0.39, 0.29) is 34.5 Å². The molecule has 5 aliphatic rings. The van der Waals surface area contributed by atoms with Gasteiger partial charge in [-0.3, -0.25) is 9.59 Å². The van der Waals surface area contributed by atoms with Crippen LogP contribution >= 0.6 is 0 Å². The molecule has 37 heavy (non-hydrogen) atoms. The van der Waals surface area contributed by atoms with Gasteiger partial charge < -0.3 is 25.5 Å². The number of carbonyl (C=O) groups is 2. The van der Waals surface area contributed by atoms with Crippen molar-refractivity contribution in [2.45, 2.75) is 111 Å². The van der Waals surface area contributed by atoms with E-state index in [9.17, 15) is 35.1 Å². The number of aliphatic hydroxyl groups is 3. The van der Waals surface area contributed by atoms with Gasteiger partial charge in [0, 0.05) is 0 Å². The number of aliphatic hydroxyl groups excluding tert-OH is 1. The minimum Gasteiger partial charge on any atom is -0.481 e. The average molecular weight is 519 g/mol. The van der Waals surface area contributed by atoms with Gasteiger partial charge in [0.05, 0.1) is 5.41 Å². The molecule has 5 N–H and O–H groups in total. The number of fused-ring (bicyclic) bond motifs is 7. The molecular weight excluding hydrogens is 472 g/mol. The van der Waals surface area contributed by atoms with Crippen LogP contribution < -0.4 is 0 Å². The van der Waals surface area contributed by atoms with E-state index in [0.29, 0.717) is 25.7 Å². The molecule has 3 unspecified atom stereocenters. The Morgan fingerprint density at radius 1 is 0.838 bits per heavy atom. The number of carboxylic acid groups (broad SMARTS) is 2. The highest BCUT2D eigenvalue weighted by atomic mass is 16.5. The molecule has 0 amide bonds. The van der Waals surface area contributed by atoms with Crippen LogP contribution in [0.25, 0.3) is 0 Å². The van der Waals surface area contributed by atoms with Gasteiger partial charge in [-0.1, -0.05) is 46.3 Å². The van der Waals surface area contributed by atoms with E-state index >= 15 is 0 Å². The van der Waals surface area contributed by atoms with E-state index in [2.05, 4.69) is 40.7 Å². The van der Waals surface area contributed by atoms with Gasteiger partial charge in [0.25, 0.3) is 0 Å². The fourth-order valence-electron chi connectivity index (χ4n) is 10.7. The number of rotatable bonds is 2. The van der Waals surface area contributed by atoms with Crippen molar-refractivity contribution in [2.24, 2.45) is 50.2 Å². The molecule has 0 aliphatic heterocycles. The molecule has 5 rings (SSSR count). The molecule has 0 aromatic carbocycles. The smallest absolute Gasteiger partial charge is 0.315 e. The first-order valence-electron chi connectivity index (χ1n) is 14.1. The summed E-state index contributed by atoms with van der Waals surface area (Å²) in [4.78, 5) is 25.4. The van der Waals surface area contributed by atoms with Crippen molar-refractivity contribution in [2.75, 3.05) is 0 Å². The second kappa shape index (κ2) is 7.60. The van der Waals surface area contributed by atoms with Crippen molar-refractivity contribution in [3.8, 4) is 0 Å². The van der Waals surface area contributed by atoms with E-state index in [1.165, 1.54) is 12.5 Å². The van der Waals surface area contributed by atoms with E-state index in [0.717, 1.165) is 25.7 Å². The number of hydrogen-bond acceptors (Lipinski definition) is 5. The molecule has 0 bridgehead atoms. The molecule has 0 aromatic heterocycles. The summed E-state index contributed by atoms with van der Waals surface area (Å²) in [6.45, 7) is 12.5. The zero-order valence-electron chi connectivity index (χ0n) is 23.3. The first-order chi connectivity index (χ1) is 16.8. The number of allylic oxidation sites excluding steroid dienone is 2. The minimum absolute atomic E-state index is 0.0143. The first-order valence-corrected chi connectivity index (χ1v) is 14.1. The van der Waals surface area contributed by atoms with Crippen LogP contribution in [0.15, 0.2) is 11.6 Å². The fraction of sp³-hybridized carbons (Fsp3) is 0.867. The summed E-state index contributed by atoms with van der Waals surface area (Å²) < 4.78 is 0. The van der Waals surface area contributed by atoms with Gasteiger partial charge in [0.2, 0.25) is 5.79 Å². The molecule has 0 heterocycles. The Kier molecular flexibility index (Phi) is 5.58. The maximum atomic E-state index is 12.8. The van der Waals surface area contributed by atoms with Gasteiger partial charge in [-0.2, -0.15) is 0 Å². The van der Waals surface area contributed by atoms with Crippen LogP contribution in [0.3, 0.4) is 0 Å². The second-order valence-electron chi connectivity index (χ2n) is 15.1. The molecule has 4 fully saturated rings. The molecule has 4 saturated carbocycles. The fourth-order valence-corrected chi connectivity index (χ4v) is 10.7. The Morgan fingerprint density at radius 2 is 1.46 bits per heavy atom. The molecule has 208 valence electrons. The third kappa shape index (κ3) is 3.05. The monoisotopic (exact) mass is 518 g/mol. The lowest BCUT2D eigenvalue weighted by Gasteiger charge is -2.71. The van der Waals surface area contributed by atoms with Gasteiger partial charge in [0.15, 0.2) is 0 Å². The topological polar surface area (TPSA) is 135 Å². The normalized spacial score (nSPS) is 52.0.